The molecule has 5 atom stereocenters. The lowest BCUT2D eigenvalue weighted by Crippen LogP contribution is -2.44. The Hall–Kier alpha value is -3.77. The summed E-state index contributed by atoms with van der Waals surface area (Å²) in [5, 5.41) is 8.99. The van der Waals surface area contributed by atoms with Gasteiger partial charge in [0.05, 0.1) is 17.0 Å². The summed E-state index contributed by atoms with van der Waals surface area (Å²) in [4.78, 5) is 54.2. The Kier molecular flexibility index (Phi) is 6.61. The van der Waals surface area contributed by atoms with Crippen LogP contribution in [-0.2, 0) is 23.7 Å². The topological polar surface area (TPSA) is 155 Å². The predicted octanol–water partition coefficient (Wildman–Crippen LogP) is 1.30. The van der Waals surface area contributed by atoms with Gasteiger partial charge in [-0.05, 0) is 24.6 Å². The number of carbonyl (C=O) groups is 3. The van der Waals surface area contributed by atoms with Crippen molar-refractivity contribution >= 4 is 23.7 Å². The lowest BCUT2D eigenvalue weighted by Gasteiger charge is -2.27. The first-order valence-corrected chi connectivity index (χ1v) is 10.7. The number of anilines is 1. The molecule has 34 heavy (non-hydrogen) atoms. The molecule has 2 aliphatic heterocycles. The number of carbonyl (C=O) groups excluding carboxylic acids is 3. The van der Waals surface area contributed by atoms with Crippen LogP contribution < -0.4 is 11.2 Å². The van der Waals surface area contributed by atoms with E-state index < -0.39 is 48.1 Å². The van der Waals surface area contributed by atoms with Crippen LogP contribution in [0.25, 0.3) is 0 Å². The minimum Gasteiger partial charge on any atom is -0.463 e. The summed E-state index contributed by atoms with van der Waals surface area (Å²) in [6, 6.07) is 7.29. The van der Waals surface area contributed by atoms with E-state index in [-0.39, 0.29) is 29.5 Å². The molecule has 0 amide bonds. The molecule has 12 heteroatoms. The van der Waals surface area contributed by atoms with Gasteiger partial charge in [0.2, 0.25) is 0 Å². The van der Waals surface area contributed by atoms with Crippen LogP contribution in [0.15, 0.2) is 41.3 Å². The van der Waals surface area contributed by atoms with Crippen LogP contribution in [-0.4, -0.2) is 57.6 Å². The Morgan fingerprint density at radius 1 is 1.15 bits per heavy atom. The van der Waals surface area contributed by atoms with Gasteiger partial charge in [0.15, 0.2) is 24.3 Å². The van der Waals surface area contributed by atoms with Crippen molar-refractivity contribution in [1.82, 2.24) is 9.55 Å². The lowest BCUT2D eigenvalue weighted by molar-refractivity contribution is -0.154. The Morgan fingerprint density at radius 2 is 1.79 bits per heavy atom. The fourth-order valence-corrected chi connectivity index (χ4v) is 3.69. The molecule has 1 fully saturated rings. The molecule has 0 unspecified atom stereocenters. The Bertz CT molecular complexity index is 1160. The number of rotatable bonds is 6. The molecule has 4 rings (SSSR count). The zero-order valence-electron chi connectivity index (χ0n) is 18.4. The van der Waals surface area contributed by atoms with Crippen molar-refractivity contribution in [3.05, 3.63) is 58.1 Å². The molecule has 1 saturated heterocycles. The highest BCUT2D eigenvalue weighted by molar-refractivity contribution is 6.03. The van der Waals surface area contributed by atoms with Crippen LogP contribution in [0.3, 0.4) is 0 Å². The third-order valence-corrected chi connectivity index (χ3v) is 5.76. The highest BCUT2D eigenvalue weighted by Crippen LogP contribution is 2.36. The number of nitrogens with one attached hydrogen (secondary N) is 1. The Labute approximate surface area is 193 Å². The summed E-state index contributed by atoms with van der Waals surface area (Å²) in [6.45, 7) is 3.24. The summed E-state index contributed by atoms with van der Waals surface area (Å²) in [5.41, 5.74) is 0.953. The van der Waals surface area contributed by atoms with E-state index in [1.807, 2.05) is 6.92 Å². The molecule has 12 nitrogen and oxygen atoms in total. The van der Waals surface area contributed by atoms with Crippen molar-refractivity contribution in [2.45, 2.75) is 44.8 Å². The summed E-state index contributed by atoms with van der Waals surface area (Å²) in [6.07, 6.45) is -2.87. The highest BCUT2D eigenvalue weighted by Gasteiger charge is 2.52. The molecule has 3 heterocycles. The average Bonchev–Trinajstić information content (AvgIpc) is 3.16. The molecule has 0 radical (unpaired) electrons. The quantitative estimate of drug-likeness (QED) is 0.354. The minimum atomic E-state index is -1.25. The van der Waals surface area contributed by atoms with Crippen LogP contribution in [0.5, 0.6) is 0 Å². The van der Waals surface area contributed by atoms with E-state index in [4.69, 9.17) is 24.2 Å². The van der Waals surface area contributed by atoms with Crippen molar-refractivity contribution in [3.63, 3.8) is 0 Å². The molecule has 0 spiro atoms. The number of hydrogen-bond acceptors (Lipinski definition) is 11. The molecule has 0 saturated carbocycles. The zero-order valence-corrected chi connectivity index (χ0v) is 18.4. The number of esters is 3. The number of hydrogen-bond donors (Lipinski definition) is 2. The van der Waals surface area contributed by atoms with Gasteiger partial charge in [0.1, 0.15) is 12.7 Å². The second-order valence-electron chi connectivity index (χ2n) is 7.90. The van der Waals surface area contributed by atoms with Gasteiger partial charge in [0, 0.05) is 6.20 Å². The Morgan fingerprint density at radius 3 is 2.38 bits per heavy atom. The molecule has 2 aromatic rings. The number of aromatic nitrogens is 2. The predicted molar refractivity (Wildman–Crippen MR) is 113 cm³/mol. The Balaban J connectivity index is 1.70. The lowest BCUT2D eigenvalue weighted by atomic mass is 10.0. The SMILES string of the molecule is CC[C@@H](C)C(=O)OC[C@H]1O[C@@H](n2ccc(NO)nc2=O)[C@@H]2OC(=O)c3ccccc3C(=O)O[C@@H]21. The van der Waals surface area contributed by atoms with Gasteiger partial charge in [-0.3, -0.25) is 20.0 Å². The van der Waals surface area contributed by atoms with Crippen LogP contribution in [0, 0.1) is 5.92 Å². The first-order valence-electron chi connectivity index (χ1n) is 10.7. The molecule has 0 bridgehead atoms. The van der Waals surface area contributed by atoms with Crippen molar-refractivity contribution in [1.29, 1.82) is 0 Å². The second-order valence-corrected chi connectivity index (χ2v) is 7.90. The number of ether oxygens (including phenoxy) is 4. The largest absolute Gasteiger partial charge is 0.463 e. The molecule has 1 aromatic heterocycles. The van der Waals surface area contributed by atoms with E-state index in [0.717, 1.165) is 4.57 Å². The molecule has 180 valence electrons. The van der Waals surface area contributed by atoms with Crippen molar-refractivity contribution < 1.29 is 38.5 Å². The van der Waals surface area contributed by atoms with Gasteiger partial charge in [-0.15, -0.1) is 0 Å². The number of benzene rings is 1. The van der Waals surface area contributed by atoms with Gasteiger partial charge in [-0.1, -0.05) is 26.0 Å². The smallest absolute Gasteiger partial charge is 0.351 e. The molecule has 1 aromatic carbocycles. The van der Waals surface area contributed by atoms with E-state index in [1.165, 1.54) is 24.4 Å². The van der Waals surface area contributed by atoms with Crippen molar-refractivity contribution in [2.75, 3.05) is 12.1 Å². The maximum absolute atomic E-state index is 12.9. The highest BCUT2D eigenvalue weighted by atomic mass is 16.7. The van der Waals surface area contributed by atoms with Crippen LogP contribution in [0.4, 0.5) is 5.82 Å². The van der Waals surface area contributed by atoms with Crippen molar-refractivity contribution in [3.8, 4) is 0 Å². The fraction of sp³-hybridized carbons (Fsp3) is 0.409. The molecule has 2 N–H and O–H groups in total. The van der Waals surface area contributed by atoms with Gasteiger partial charge in [-0.2, -0.15) is 4.98 Å². The summed E-state index contributed by atoms with van der Waals surface area (Å²) in [7, 11) is 0. The minimum absolute atomic E-state index is 0.00153. The molecular formula is C22H23N3O9. The summed E-state index contributed by atoms with van der Waals surface area (Å²) in [5.74, 6) is -2.52. The zero-order chi connectivity index (χ0) is 24.4. The van der Waals surface area contributed by atoms with E-state index in [9.17, 15) is 19.2 Å². The second kappa shape index (κ2) is 9.61. The first kappa shape index (κ1) is 23.4. The van der Waals surface area contributed by atoms with E-state index in [2.05, 4.69) is 4.98 Å². The van der Waals surface area contributed by atoms with Gasteiger partial charge in [0.25, 0.3) is 0 Å². The molecular weight excluding hydrogens is 450 g/mol. The van der Waals surface area contributed by atoms with Crippen LogP contribution >= 0.6 is 0 Å². The standard InChI is InChI=1S/C22H23N3O9/c1-3-11(2)19(26)31-10-14-16-17(18(32-14)25-9-8-15(24-30)23-22(25)29)34-21(28)13-7-5-4-6-12(13)20(27)33-16/h4-9,11,14,16-18,30H,3,10H2,1-2H3,(H,23,24,29)/t11-,14-,16-,17-,18-/m1/s1. The first-order chi connectivity index (χ1) is 16.3. The maximum Gasteiger partial charge on any atom is 0.351 e. The normalized spacial score (nSPS) is 24.6. The third-order valence-electron chi connectivity index (χ3n) is 5.76. The van der Waals surface area contributed by atoms with Crippen LogP contribution in [0.1, 0.15) is 47.2 Å². The number of nitrogens with zero attached hydrogens (tertiary/aromatic N) is 2. The van der Waals surface area contributed by atoms with Crippen molar-refractivity contribution in [2.24, 2.45) is 5.92 Å². The van der Waals surface area contributed by atoms with Gasteiger partial charge in [-0.25, -0.2) is 14.4 Å². The van der Waals surface area contributed by atoms with Crippen LogP contribution in [0.2, 0.25) is 0 Å². The van der Waals surface area contributed by atoms with E-state index in [0.29, 0.717) is 6.42 Å². The fourth-order valence-electron chi connectivity index (χ4n) is 3.69. The molecule has 0 aliphatic carbocycles. The summed E-state index contributed by atoms with van der Waals surface area (Å²) >= 11 is 0. The van der Waals surface area contributed by atoms with Gasteiger partial charge < -0.3 is 18.9 Å². The maximum atomic E-state index is 12.9. The van der Waals surface area contributed by atoms with E-state index in [1.54, 1.807) is 24.5 Å². The summed E-state index contributed by atoms with van der Waals surface area (Å²) < 4.78 is 23.6. The average molecular weight is 473 g/mol. The number of fused-ring (bicyclic) bond motifs is 2. The monoisotopic (exact) mass is 473 g/mol. The molecule has 2 aliphatic rings. The van der Waals surface area contributed by atoms with E-state index >= 15 is 0 Å². The third kappa shape index (κ3) is 4.37. The van der Waals surface area contributed by atoms with Gasteiger partial charge >= 0.3 is 23.6 Å².